The average Bonchev–Trinajstić information content (AvgIpc) is 2.37. The molecule has 0 amide bonds. The van der Waals surface area contributed by atoms with E-state index in [0.29, 0.717) is 5.82 Å². The quantitative estimate of drug-likeness (QED) is 0.676. The Morgan fingerprint density at radius 1 is 1.18 bits per heavy atom. The Balaban J connectivity index is 2.82. The van der Waals surface area contributed by atoms with Crippen LogP contribution in [-0.4, -0.2) is 33.8 Å². The summed E-state index contributed by atoms with van der Waals surface area (Å²) < 4.78 is 0. The number of aromatic nitrogens is 2. The van der Waals surface area contributed by atoms with Crippen LogP contribution in [-0.2, 0) is 0 Å². The molecule has 0 atom stereocenters. The van der Waals surface area contributed by atoms with Crippen LogP contribution in [0.3, 0.4) is 0 Å². The van der Waals surface area contributed by atoms with Crippen LogP contribution >= 0.6 is 0 Å². The second-order valence-corrected chi connectivity index (χ2v) is 4.09. The molecule has 0 bridgehead atoms. The smallest absolute Gasteiger partial charge is 0.147 e. The zero-order chi connectivity index (χ0) is 12.7. The molecule has 0 aliphatic rings. The molecule has 96 valence electrons. The van der Waals surface area contributed by atoms with Crippen LogP contribution in [0.15, 0.2) is 12.4 Å². The topological polar surface area (TPSA) is 70.1 Å². The van der Waals surface area contributed by atoms with Crippen molar-refractivity contribution in [3.8, 4) is 0 Å². The van der Waals surface area contributed by atoms with E-state index in [1.165, 1.54) is 0 Å². The number of aliphatic hydroxyl groups excluding tert-OH is 1. The van der Waals surface area contributed by atoms with Gasteiger partial charge in [0.25, 0.3) is 0 Å². The molecule has 3 N–H and O–H groups in total. The van der Waals surface area contributed by atoms with E-state index in [9.17, 15) is 5.11 Å². The molecular weight excluding hydrogens is 216 g/mol. The van der Waals surface area contributed by atoms with Crippen LogP contribution in [0.2, 0.25) is 0 Å². The highest BCUT2D eigenvalue weighted by Gasteiger charge is 2.25. The Bertz CT molecular complexity index is 331. The SMILES string of the molecule is CCNc1cncc(NC(CC)(CC)CO)n1. The Labute approximate surface area is 103 Å². The van der Waals surface area contributed by atoms with Crippen molar-refractivity contribution in [1.29, 1.82) is 0 Å². The lowest BCUT2D eigenvalue weighted by molar-refractivity contribution is 0.202. The predicted molar refractivity (Wildman–Crippen MR) is 70.2 cm³/mol. The zero-order valence-electron chi connectivity index (χ0n) is 10.8. The van der Waals surface area contributed by atoms with Gasteiger partial charge in [0.15, 0.2) is 0 Å². The summed E-state index contributed by atoms with van der Waals surface area (Å²) >= 11 is 0. The fourth-order valence-corrected chi connectivity index (χ4v) is 1.65. The molecule has 0 aromatic carbocycles. The minimum atomic E-state index is -0.306. The molecule has 0 aliphatic heterocycles. The lowest BCUT2D eigenvalue weighted by Crippen LogP contribution is -2.41. The Kier molecular flexibility index (Phi) is 5.15. The van der Waals surface area contributed by atoms with Crippen molar-refractivity contribution in [3.05, 3.63) is 12.4 Å². The van der Waals surface area contributed by atoms with E-state index in [0.717, 1.165) is 25.2 Å². The predicted octanol–water partition coefficient (Wildman–Crippen LogP) is 1.87. The Morgan fingerprint density at radius 2 is 1.82 bits per heavy atom. The molecule has 5 nitrogen and oxygen atoms in total. The summed E-state index contributed by atoms with van der Waals surface area (Å²) in [5.74, 6) is 1.44. The first-order chi connectivity index (χ1) is 8.19. The Hall–Kier alpha value is -1.36. The summed E-state index contributed by atoms with van der Waals surface area (Å²) in [5.41, 5.74) is -0.306. The number of anilines is 2. The number of rotatable bonds is 7. The molecule has 17 heavy (non-hydrogen) atoms. The van der Waals surface area contributed by atoms with Gasteiger partial charge in [0.2, 0.25) is 0 Å². The molecule has 0 aliphatic carbocycles. The molecular formula is C12H22N4O. The van der Waals surface area contributed by atoms with Gasteiger partial charge in [-0.2, -0.15) is 0 Å². The van der Waals surface area contributed by atoms with Gasteiger partial charge in [-0.1, -0.05) is 13.8 Å². The molecule has 5 heteroatoms. The van der Waals surface area contributed by atoms with Crippen molar-refractivity contribution in [2.24, 2.45) is 0 Å². The third-order valence-corrected chi connectivity index (χ3v) is 3.04. The van der Waals surface area contributed by atoms with Crippen LogP contribution in [0, 0.1) is 0 Å². The number of aliphatic hydroxyl groups is 1. The van der Waals surface area contributed by atoms with Crippen molar-refractivity contribution in [1.82, 2.24) is 9.97 Å². The van der Waals surface area contributed by atoms with Gasteiger partial charge in [0.1, 0.15) is 11.6 Å². The summed E-state index contributed by atoms with van der Waals surface area (Å²) in [6, 6.07) is 0. The van der Waals surface area contributed by atoms with E-state index in [4.69, 9.17) is 0 Å². The minimum Gasteiger partial charge on any atom is -0.394 e. The normalized spacial score (nSPS) is 11.3. The molecule has 1 heterocycles. The van der Waals surface area contributed by atoms with Crippen molar-refractivity contribution in [3.63, 3.8) is 0 Å². The molecule has 0 radical (unpaired) electrons. The maximum Gasteiger partial charge on any atom is 0.147 e. The van der Waals surface area contributed by atoms with E-state index < -0.39 is 0 Å². The van der Waals surface area contributed by atoms with Gasteiger partial charge >= 0.3 is 0 Å². The monoisotopic (exact) mass is 238 g/mol. The molecule has 1 aromatic heterocycles. The summed E-state index contributed by atoms with van der Waals surface area (Å²) in [6.07, 6.45) is 5.05. The van der Waals surface area contributed by atoms with E-state index in [1.807, 2.05) is 20.8 Å². The largest absolute Gasteiger partial charge is 0.394 e. The maximum absolute atomic E-state index is 9.48. The van der Waals surface area contributed by atoms with Gasteiger partial charge < -0.3 is 15.7 Å². The first-order valence-corrected chi connectivity index (χ1v) is 6.14. The van der Waals surface area contributed by atoms with Crippen LogP contribution in [0.25, 0.3) is 0 Å². The summed E-state index contributed by atoms with van der Waals surface area (Å²) in [4.78, 5) is 8.52. The number of hydrogen-bond acceptors (Lipinski definition) is 5. The fourth-order valence-electron chi connectivity index (χ4n) is 1.65. The molecule has 0 fully saturated rings. The third-order valence-electron chi connectivity index (χ3n) is 3.04. The summed E-state index contributed by atoms with van der Waals surface area (Å²) in [5, 5.41) is 15.9. The standard InChI is InChI=1S/C12H22N4O/c1-4-12(5-2,9-17)16-11-8-13-7-10(15-11)14-6-3/h7-8,17H,4-6,9H2,1-3H3,(H2,14,15,16). The van der Waals surface area contributed by atoms with Gasteiger partial charge in [-0.25, -0.2) is 4.98 Å². The zero-order valence-corrected chi connectivity index (χ0v) is 10.8. The second kappa shape index (κ2) is 6.39. The summed E-state index contributed by atoms with van der Waals surface area (Å²) in [7, 11) is 0. The first-order valence-electron chi connectivity index (χ1n) is 6.14. The van der Waals surface area contributed by atoms with Gasteiger partial charge in [0, 0.05) is 6.54 Å². The van der Waals surface area contributed by atoms with E-state index >= 15 is 0 Å². The van der Waals surface area contributed by atoms with E-state index in [2.05, 4.69) is 20.6 Å². The second-order valence-electron chi connectivity index (χ2n) is 4.09. The highest BCUT2D eigenvalue weighted by molar-refractivity contribution is 5.43. The van der Waals surface area contributed by atoms with Gasteiger partial charge in [-0.05, 0) is 19.8 Å². The van der Waals surface area contributed by atoms with Gasteiger partial charge in [-0.15, -0.1) is 0 Å². The lowest BCUT2D eigenvalue weighted by atomic mass is 9.94. The highest BCUT2D eigenvalue weighted by Crippen LogP contribution is 2.20. The lowest BCUT2D eigenvalue weighted by Gasteiger charge is -2.31. The van der Waals surface area contributed by atoms with Gasteiger partial charge in [0.05, 0.1) is 24.5 Å². The molecule has 1 aromatic rings. The van der Waals surface area contributed by atoms with Crippen molar-refractivity contribution < 1.29 is 5.11 Å². The minimum absolute atomic E-state index is 0.0904. The summed E-state index contributed by atoms with van der Waals surface area (Å²) in [6.45, 7) is 7.01. The van der Waals surface area contributed by atoms with Crippen LogP contribution in [0.5, 0.6) is 0 Å². The highest BCUT2D eigenvalue weighted by atomic mass is 16.3. The van der Waals surface area contributed by atoms with E-state index in [1.54, 1.807) is 12.4 Å². The number of hydrogen-bond donors (Lipinski definition) is 3. The van der Waals surface area contributed by atoms with Crippen LogP contribution < -0.4 is 10.6 Å². The third kappa shape index (κ3) is 3.56. The first kappa shape index (κ1) is 13.7. The molecule has 1 rings (SSSR count). The fraction of sp³-hybridized carbons (Fsp3) is 0.667. The van der Waals surface area contributed by atoms with Crippen molar-refractivity contribution >= 4 is 11.6 Å². The maximum atomic E-state index is 9.48. The molecule has 0 saturated heterocycles. The van der Waals surface area contributed by atoms with Crippen molar-refractivity contribution in [2.45, 2.75) is 39.2 Å². The molecule has 0 saturated carbocycles. The number of nitrogens with one attached hydrogen (secondary N) is 2. The molecule has 0 spiro atoms. The Morgan fingerprint density at radius 3 is 2.35 bits per heavy atom. The number of nitrogens with zero attached hydrogens (tertiary/aromatic N) is 2. The average molecular weight is 238 g/mol. The van der Waals surface area contributed by atoms with Crippen molar-refractivity contribution in [2.75, 3.05) is 23.8 Å². The van der Waals surface area contributed by atoms with Crippen LogP contribution in [0.4, 0.5) is 11.6 Å². The van der Waals surface area contributed by atoms with Crippen LogP contribution in [0.1, 0.15) is 33.6 Å². The van der Waals surface area contributed by atoms with E-state index in [-0.39, 0.29) is 12.1 Å². The van der Waals surface area contributed by atoms with Gasteiger partial charge in [-0.3, -0.25) is 4.98 Å². The molecule has 0 unspecified atom stereocenters.